The molecule has 1 aliphatic rings. The number of anilines is 1. The number of nitrogens with zero attached hydrogens (tertiary/aromatic N) is 1. The molecule has 0 bridgehead atoms. The first-order valence-electron chi connectivity index (χ1n) is 10.8. The number of hydrogen-bond acceptors (Lipinski definition) is 6. The van der Waals surface area contributed by atoms with Gasteiger partial charge in [-0.25, -0.2) is 8.42 Å². The van der Waals surface area contributed by atoms with Crippen LogP contribution in [0.25, 0.3) is 0 Å². The minimum absolute atomic E-state index is 0.0454. The molecule has 4 rings (SSSR count). The maximum atomic E-state index is 13.4. The van der Waals surface area contributed by atoms with E-state index in [1.807, 2.05) is 30.3 Å². The molecule has 0 saturated carbocycles. The van der Waals surface area contributed by atoms with Gasteiger partial charge in [0.1, 0.15) is 5.75 Å². The predicted molar refractivity (Wildman–Crippen MR) is 128 cm³/mol. The Kier molecular flexibility index (Phi) is 7.34. The highest BCUT2D eigenvalue weighted by Crippen LogP contribution is 2.32. The summed E-state index contributed by atoms with van der Waals surface area (Å²) >= 11 is 0. The number of carbonyl (C=O) groups excluding carboxylic acids is 1. The Morgan fingerprint density at radius 1 is 0.971 bits per heavy atom. The van der Waals surface area contributed by atoms with Crippen molar-refractivity contribution in [1.29, 1.82) is 0 Å². The zero-order valence-corrected chi connectivity index (χ0v) is 19.6. The van der Waals surface area contributed by atoms with Crippen LogP contribution in [0, 0.1) is 0 Å². The number of ether oxygens (including phenoxy) is 3. The fraction of sp³-hybridized carbons (Fsp3) is 0.240. The fourth-order valence-corrected chi connectivity index (χ4v) is 4.90. The highest BCUT2D eigenvalue weighted by atomic mass is 32.2. The van der Waals surface area contributed by atoms with Crippen LogP contribution in [0.2, 0.25) is 0 Å². The van der Waals surface area contributed by atoms with Crippen LogP contribution < -0.4 is 19.5 Å². The van der Waals surface area contributed by atoms with Crippen molar-refractivity contribution in [3.8, 4) is 17.2 Å². The molecule has 0 saturated heterocycles. The van der Waals surface area contributed by atoms with Gasteiger partial charge < -0.3 is 19.5 Å². The first-order valence-corrected chi connectivity index (χ1v) is 12.3. The lowest BCUT2D eigenvalue weighted by Crippen LogP contribution is -2.37. The molecule has 0 radical (unpaired) electrons. The van der Waals surface area contributed by atoms with Crippen LogP contribution in [0.1, 0.15) is 12.0 Å². The molecule has 1 heterocycles. The molecule has 34 heavy (non-hydrogen) atoms. The van der Waals surface area contributed by atoms with Crippen LogP contribution in [0.3, 0.4) is 0 Å². The minimum atomic E-state index is -3.96. The Labute approximate surface area is 199 Å². The summed E-state index contributed by atoms with van der Waals surface area (Å²) in [5.74, 6) is 1.23. The predicted octanol–water partition coefficient (Wildman–Crippen LogP) is 3.69. The molecule has 178 valence electrons. The van der Waals surface area contributed by atoms with Gasteiger partial charge in [-0.3, -0.25) is 4.79 Å². The number of nitrogens with one attached hydrogen (secondary N) is 1. The van der Waals surface area contributed by atoms with Crippen molar-refractivity contribution >= 4 is 21.6 Å². The van der Waals surface area contributed by atoms with Crippen LogP contribution in [0.5, 0.6) is 17.2 Å². The number of carbonyl (C=O) groups is 1. The van der Waals surface area contributed by atoms with Gasteiger partial charge in [-0.15, -0.1) is 0 Å². The SMILES string of the molecule is COc1ccc(S(=O)(=O)N(CC(=O)Nc2ccc3c(c2)OCCCO3)Cc2ccccc2)cc1. The van der Waals surface area contributed by atoms with Gasteiger partial charge >= 0.3 is 0 Å². The molecule has 0 atom stereocenters. The number of benzene rings is 3. The van der Waals surface area contributed by atoms with Gasteiger partial charge in [-0.1, -0.05) is 30.3 Å². The fourth-order valence-electron chi connectivity index (χ4n) is 3.51. The zero-order chi connectivity index (χ0) is 24.0. The third-order valence-corrected chi connectivity index (χ3v) is 7.06. The zero-order valence-electron chi connectivity index (χ0n) is 18.8. The molecule has 1 amide bonds. The molecule has 0 aromatic heterocycles. The summed E-state index contributed by atoms with van der Waals surface area (Å²) in [6.45, 7) is 0.771. The summed E-state index contributed by atoms with van der Waals surface area (Å²) in [6, 6.07) is 20.3. The van der Waals surface area contributed by atoms with Gasteiger partial charge in [-0.2, -0.15) is 4.31 Å². The number of sulfonamides is 1. The highest BCUT2D eigenvalue weighted by Gasteiger charge is 2.27. The molecule has 0 unspecified atom stereocenters. The number of fused-ring (bicyclic) bond motifs is 1. The standard InChI is InChI=1S/C25H26N2O6S/c1-31-21-9-11-22(12-10-21)34(29,30)27(17-19-6-3-2-4-7-19)18-25(28)26-20-8-13-23-24(16-20)33-15-5-14-32-23/h2-4,6-13,16H,5,14-15,17-18H2,1H3,(H,26,28). The van der Waals surface area contributed by atoms with Crippen molar-refractivity contribution in [3.63, 3.8) is 0 Å². The second kappa shape index (κ2) is 10.6. The first kappa shape index (κ1) is 23.6. The van der Waals surface area contributed by atoms with Gasteiger partial charge in [0, 0.05) is 24.7 Å². The van der Waals surface area contributed by atoms with Crippen LogP contribution in [0.4, 0.5) is 5.69 Å². The van der Waals surface area contributed by atoms with Crippen molar-refractivity contribution in [3.05, 3.63) is 78.4 Å². The van der Waals surface area contributed by atoms with E-state index in [1.54, 1.807) is 30.3 Å². The third kappa shape index (κ3) is 5.67. The molecular formula is C25H26N2O6S. The average Bonchev–Trinajstić information content (AvgIpc) is 3.09. The smallest absolute Gasteiger partial charge is 0.243 e. The van der Waals surface area contributed by atoms with Crippen molar-refractivity contribution in [2.75, 3.05) is 32.2 Å². The number of methoxy groups -OCH3 is 1. The molecule has 3 aromatic rings. The van der Waals surface area contributed by atoms with Gasteiger partial charge in [0.05, 0.1) is 31.8 Å². The summed E-state index contributed by atoms with van der Waals surface area (Å²) in [4.78, 5) is 13.0. The van der Waals surface area contributed by atoms with E-state index in [2.05, 4.69) is 5.32 Å². The molecule has 9 heteroatoms. The van der Waals surface area contributed by atoms with Crippen molar-refractivity contribution in [2.45, 2.75) is 17.9 Å². The Balaban J connectivity index is 1.55. The first-order chi connectivity index (χ1) is 16.5. The number of hydrogen-bond donors (Lipinski definition) is 1. The quantitative estimate of drug-likeness (QED) is 0.526. The minimum Gasteiger partial charge on any atom is -0.497 e. The molecular weight excluding hydrogens is 456 g/mol. The van der Waals surface area contributed by atoms with Crippen LogP contribution >= 0.6 is 0 Å². The average molecular weight is 483 g/mol. The molecule has 1 aliphatic heterocycles. The maximum absolute atomic E-state index is 13.4. The second-order valence-corrected chi connectivity index (χ2v) is 9.63. The molecule has 0 spiro atoms. The number of amides is 1. The second-order valence-electron chi connectivity index (χ2n) is 7.69. The normalized spacial score (nSPS) is 13.2. The van der Waals surface area contributed by atoms with Gasteiger partial charge in [0.2, 0.25) is 15.9 Å². The Hall–Kier alpha value is -3.56. The van der Waals surface area contributed by atoms with E-state index >= 15 is 0 Å². The molecule has 0 aliphatic carbocycles. The molecule has 0 fully saturated rings. The summed E-state index contributed by atoms with van der Waals surface area (Å²) in [5, 5.41) is 2.77. The maximum Gasteiger partial charge on any atom is 0.243 e. The van der Waals surface area contributed by atoms with E-state index in [1.165, 1.54) is 19.2 Å². The number of rotatable bonds is 8. The lowest BCUT2D eigenvalue weighted by Gasteiger charge is -2.22. The Morgan fingerprint density at radius 3 is 2.38 bits per heavy atom. The van der Waals surface area contributed by atoms with E-state index < -0.39 is 15.9 Å². The summed E-state index contributed by atoms with van der Waals surface area (Å²) in [5.41, 5.74) is 1.26. The molecule has 1 N–H and O–H groups in total. The van der Waals surface area contributed by atoms with Crippen LogP contribution in [-0.4, -0.2) is 45.5 Å². The Morgan fingerprint density at radius 2 is 1.68 bits per heavy atom. The van der Waals surface area contributed by atoms with E-state index in [-0.39, 0.29) is 18.0 Å². The van der Waals surface area contributed by atoms with E-state index in [0.29, 0.717) is 36.1 Å². The van der Waals surface area contributed by atoms with Crippen molar-refractivity contribution in [1.82, 2.24) is 4.31 Å². The van der Waals surface area contributed by atoms with E-state index in [4.69, 9.17) is 14.2 Å². The third-order valence-electron chi connectivity index (χ3n) is 5.25. The lowest BCUT2D eigenvalue weighted by molar-refractivity contribution is -0.116. The summed E-state index contributed by atoms with van der Waals surface area (Å²) < 4.78 is 44.4. The van der Waals surface area contributed by atoms with Crippen molar-refractivity contribution < 1.29 is 27.4 Å². The molecule has 8 nitrogen and oxygen atoms in total. The van der Waals surface area contributed by atoms with Crippen molar-refractivity contribution in [2.24, 2.45) is 0 Å². The van der Waals surface area contributed by atoms with Crippen LogP contribution in [0.15, 0.2) is 77.7 Å². The summed E-state index contributed by atoms with van der Waals surface area (Å²) in [7, 11) is -2.45. The molecule has 3 aromatic carbocycles. The Bertz CT molecular complexity index is 1230. The lowest BCUT2D eigenvalue weighted by atomic mass is 10.2. The van der Waals surface area contributed by atoms with E-state index in [9.17, 15) is 13.2 Å². The van der Waals surface area contributed by atoms with Crippen LogP contribution in [-0.2, 0) is 21.4 Å². The van der Waals surface area contributed by atoms with Gasteiger partial charge in [0.25, 0.3) is 0 Å². The van der Waals surface area contributed by atoms with E-state index in [0.717, 1.165) is 16.3 Å². The largest absolute Gasteiger partial charge is 0.497 e. The monoisotopic (exact) mass is 482 g/mol. The van der Waals surface area contributed by atoms with Gasteiger partial charge in [-0.05, 0) is 42.0 Å². The van der Waals surface area contributed by atoms with Gasteiger partial charge in [0.15, 0.2) is 11.5 Å². The highest BCUT2D eigenvalue weighted by molar-refractivity contribution is 7.89. The summed E-state index contributed by atoms with van der Waals surface area (Å²) in [6.07, 6.45) is 0.772. The topological polar surface area (TPSA) is 94.2 Å².